The van der Waals surface area contributed by atoms with Gasteiger partial charge in [-0.05, 0) is 42.5 Å². The van der Waals surface area contributed by atoms with Crippen molar-refractivity contribution in [3.63, 3.8) is 0 Å². The van der Waals surface area contributed by atoms with Crippen molar-refractivity contribution in [2.45, 2.75) is 6.18 Å². The minimum absolute atomic E-state index is 0.0930. The first-order valence-corrected chi connectivity index (χ1v) is 8.04. The van der Waals surface area contributed by atoms with Gasteiger partial charge >= 0.3 is 6.18 Å². The molecule has 1 amide bonds. The second-order valence-electron chi connectivity index (χ2n) is 5.73. The van der Waals surface area contributed by atoms with Crippen LogP contribution in [0.3, 0.4) is 0 Å². The minimum Gasteiger partial charge on any atom is -0.507 e. The Hall–Kier alpha value is -3.00. The summed E-state index contributed by atoms with van der Waals surface area (Å²) in [5.74, 6) is -0.709. The molecule has 3 aromatic rings. The Labute approximate surface area is 157 Å². The van der Waals surface area contributed by atoms with E-state index >= 15 is 0 Å². The molecule has 0 fully saturated rings. The number of hydrogen-bond donors (Lipinski definition) is 2. The van der Waals surface area contributed by atoms with E-state index in [2.05, 4.69) is 10.4 Å². The highest BCUT2D eigenvalue weighted by molar-refractivity contribution is 6.30. The molecule has 5 nitrogen and oxygen atoms in total. The van der Waals surface area contributed by atoms with Crippen LogP contribution in [0.4, 0.5) is 18.9 Å². The summed E-state index contributed by atoms with van der Waals surface area (Å²) in [5, 5.41) is 16.7. The minimum atomic E-state index is -4.59. The van der Waals surface area contributed by atoms with Gasteiger partial charge in [0.05, 0.1) is 5.69 Å². The van der Waals surface area contributed by atoms with E-state index in [0.717, 1.165) is 10.7 Å². The number of aromatic hydroxyl groups is 1. The first-order valence-electron chi connectivity index (χ1n) is 7.66. The number of rotatable bonds is 3. The third-order valence-corrected chi connectivity index (χ3v) is 4.06. The van der Waals surface area contributed by atoms with Gasteiger partial charge in [-0.3, -0.25) is 9.48 Å². The average molecular weight is 396 g/mol. The van der Waals surface area contributed by atoms with Crippen LogP contribution in [-0.2, 0) is 13.2 Å². The van der Waals surface area contributed by atoms with Crippen molar-refractivity contribution in [2.75, 3.05) is 5.32 Å². The number of halogens is 4. The maximum Gasteiger partial charge on any atom is 0.435 e. The summed E-state index contributed by atoms with van der Waals surface area (Å²) in [6.07, 6.45) is -4.59. The molecule has 0 atom stereocenters. The number of aromatic nitrogens is 2. The fourth-order valence-corrected chi connectivity index (χ4v) is 2.61. The number of carbonyl (C=O) groups is 1. The van der Waals surface area contributed by atoms with Gasteiger partial charge in [-0.1, -0.05) is 11.6 Å². The number of phenolic OH excluding ortho intramolecular Hbond substituents is 1. The number of benzene rings is 2. The van der Waals surface area contributed by atoms with Gasteiger partial charge in [0.15, 0.2) is 5.69 Å². The molecule has 0 radical (unpaired) electrons. The van der Waals surface area contributed by atoms with Crippen LogP contribution in [0.2, 0.25) is 5.02 Å². The zero-order chi connectivity index (χ0) is 19.8. The number of anilines is 1. The Morgan fingerprint density at radius 3 is 2.37 bits per heavy atom. The summed E-state index contributed by atoms with van der Waals surface area (Å²) in [6.45, 7) is 0. The van der Waals surface area contributed by atoms with Crippen LogP contribution < -0.4 is 5.32 Å². The summed E-state index contributed by atoms with van der Waals surface area (Å²) in [6, 6.07) is 11.2. The number of amides is 1. The zero-order valence-corrected chi connectivity index (χ0v) is 14.6. The molecule has 1 aromatic heterocycles. The highest BCUT2D eigenvalue weighted by atomic mass is 35.5. The Bertz CT molecular complexity index is 998. The highest BCUT2D eigenvalue weighted by Crippen LogP contribution is 2.35. The maximum absolute atomic E-state index is 12.8. The van der Waals surface area contributed by atoms with Crippen molar-refractivity contribution in [3.8, 4) is 17.0 Å². The SMILES string of the molecule is Cn1nc(C(F)(F)F)cc1-c1ccc(NC(=O)c2ccc(Cl)cc2)cc1O. The third kappa shape index (κ3) is 4.06. The molecule has 0 spiro atoms. The number of aryl methyl sites for hydroxylation is 1. The van der Waals surface area contributed by atoms with Gasteiger partial charge in [-0.25, -0.2) is 0 Å². The molecular weight excluding hydrogens is 383 g/mol. The molecule has 140 valence electrons. The number of hydrogen-bond acceptors (Lipinski definition) is 3. The number of alkyl halides is 3. The van der Waals surface area contributed by atoms with E-state index < -0.39 is 17.8 Å². The molecular formula is C18H13ClF3N3O2. The quantitative estimate of drug-likeness (QED) is 0.674. The van der Waals surface area contributed by atoms with E-state index in [0.29, 0.717) is 10.6 Å². The van der Waals surface area contributed by atoms with Gasteiger partial charge in [-0.15, -0.1) is 0 Å². The normalized spacial score (nSPS) is 11.4. The van der Waals surface area contributed by atoms with Crippen molar-refractivity contribution in [3.05, 3.63) is 64.8 Å². The Morgan fingerprint density at radius 2 is 1.81 bits per heavy atom. The van der Waals surface area contributed by atoms with Gasteiger partial charge in [0, 0.05) is 35.0 Å². The van der Waals surface area contributed by atoms with E-state index in [9.17, 15) is 23.1 Å². The molecule has 27 heavy (non-hydrogen) atoms. The molecule has 0 unspecified atom stereocenters. The van der Waals surface area contributed by atoms with E-state index in [1.807, 2.05) is 0 Å². The van der Waals surface area contributed by atoms with Crippen LogP contribution in [-0.4, -0.2) is 20.8 Å². The number of phenols is 1. The van der Waals surface area contributed by atoms with Gasteiger partial charge in [0.25, 0.3) is 5.91 Å². The van der Waals surface area contributed by atoms with Crippen LogP contribution in [0, 0.1) is 0 Å². The van der Waals surface area contributed by atoms with Crippen molar-refractivity contribution in [1.82, 2.24) is 9.78 Å². The molecule has 0 aliphatic carbocycles. The van der Waals surface area contributed by atoms with Crippen molar-refractivity contribution < 1.29 is 23.1 Å². The maximum atomic E-state index is 12.8. The predicted molar refractivity (Wildman–Crippen MR) is 94.7 cm³/mol. The summed E-state index contributed by atoms with van der Waals surface area (Å²) in [7, 11) is 1.35. The fourth-order valence-electron chi connectivity index (χ4n) is 2.49. The van der Waals surface area contributed by atoms with E-state index in [4.69, 9.17) is 11.6 Å². The Morgan fingerprint density at radius 1 is 1.15 bits per heavy atom. The molecule has 0 aliphatic heterocycles. The predicted octanol–water partition coefficient (Wildman–Crippen LogP) is 4.72. The lowest BCUT2D eigenvalue weighted by Crippen LogP contribution is -2.11. The molecule has 0 saturated carbocycles. The smallest absolute Gasteiger partial charge is 0.435 e. The lowest BCUT2D eigenvalue weighted by molar-refractivity contribution is -0.141. The largest absolute Gasteiger partial charge is 0.507 e. The molecule has 3 rings (SSSR count). The van der Waals surface area contributed by atoms with E-state index in [1.54, 1.807) is 24.3 Å². The van der Waals surface area contributed by atoms with Crippen LogP contribution in [0.5, 0.6) is 5.75 Å². The van der Waals surface area contributed by atoms with Crippen LogP contribution >= 0.6 is 11.6 Å². The monoisotopic (exact) mass is 395 g/mol. The van der Waals surface area contributed by atoms with Crippen LogP contribution in [0.1, 0.15) is 16.1 Å². The third-order valence-electron chi connectivity index (χ3n) is 3.81. The molecule has 2 N–H and O–H groups in total. The molecule has 2 aromatic carbocycles. The molecule has 9 heteroatoms. The van der Waals surface area contributed by atoms with Gasteiger partial charge in [-0.2, -0.15) is 18.3 Å². The Kier molecular flexibility index (Phi) is 4.84. The number of nitrogens with one attached hydrogen (secondary N) is 1. The van der Waals surface area contributed by atoms with Crippen LogP contribution in [0.25, 0.3) is 11.3 Å². The summed E-state index contributed by atoms with van der Waals surface area (Å²) in [4.78, 5) is 12.2. The van der Waals surface area contributed by atoms with Gasteiger partial charge in [0.1, 0.15) is 5.75 Å². The first-order chi connectivity index (χ1) is 12.6. The molecule has 0 saturated heterocycles. The van der Waals surface area contributed by atoms with E-state index in [1.165, 1.54) is 25.2 Å². The van der Waals surface area contributed by atoms with Gasteiger partial charge in [0.2, 0.25) is 0 Å². The number of nitrogens with zero attached hydrogens (tertiary/aromatic N) is 2. The standard InChI is InChI=1S/C18H13ClF3N3O2/c1-25-14(9-16(24-25)18(20,21)22)13-7-6-12(8-15(13)26)23-17(27)10-2-4-11(19)5-3-10/h2-9,26H,1H3,(H,23,27). The summed E-state index contributed by atoms with van der Waals surface area (Å²) >= 11 is 5.77. The zero-order valence-electron chi connectivity index (χ0n) is 13.9. The van der Waals surface area contributed by atoms with E-state index in [-0.39, 0.29) is 22.7 Å². The Balaban J connectivity index is 1.85. The molecule has 1 heterocycles. The highest BCUT2D eigenvalue weighted by Gasteiger charge is 2.35. The second-order valence-corrected chi connectivity index (χ2v) is 6.17. The van der Waals surface area contributed by atoms with Crippen LogP contribution in [0.15, 0.2) is 48.5 Å². The summed E-state index contributed by atoms with van der Waals surface area (Å²) in [5.41, 5.74) is -0.154. The average Bonchev–Trinajstić information content (AvgIpc) is 2.97. The lowest BCUT2D eigenvalue weighted by atomic mass is 10.1. The number of carbonyl (C=O) groups excluding carboxylic acids is 1. The van der Waals surface area contributed by atoms with Crippen molar-refractivity contribution in [1.29, 1.82) is 0 Å². The topological polar surface area (TPSA) is 67.2 Å². The first kappa shape index (κ1) is 18.8. The molecule has 0 aliphatic rings. The second kappa shape index (κ2) is 6.96. The summed E-state index contributed by atoms with van der Waals surface area (Å²) < 4.78 is 39.4. The van der Waals surface area contributed by atoms with Crippen molar-refractivity contribution >= 4 is 23.2 Å². The molecule has 0 bridgehead atoms. The fraction of sp³-hybridized carbons (Fsp3) is 0.111. The van der Waals surface area contributed by atoms with Crippen molar-refractivity contribution in [2.24, 2.45) is 7.05 Å². The van der Waals surface area contributed by atoms with Gasteiger partial charge < -0.3 is 10.4 Å². The lowest BCUT2D eigenvalue weighted by Gasteiger charge is -2.09.